The Kier molecular flexibility index (Phi) is 4.32. The van der Waals surface area contributed by atoms with Crippen LogP contribution in [-0.2, 0) is 13.1 Å². The molecule has 0 radical (unpaired) electrons. The van der Waals surface area contributed by atoms with Crippen LogP contribution in [0.15, 0.2) is 18.2 Å². The number of halogens is 1. The number of nitrogens with zero attached hydrogens (tertiary/aromatic N) is 1. The zero-order valence-electron chi connectivity index (χ0n) is 10.8. The molecule has 4 heteroatoms. The Labute approximate surface area is 107 Å². The lowest BCUT2D eigenvalue weighted by Crippen LogP contribution is -2.35. The molecule has 0 aromatic heterocycles. The van der Waals surface area contributed by atoms with Gasteiger partial charge in [-0.05, 0) is 42.1 Å². The molecule has 0 saturated carbocycles. The minimum atomic E-state index is -0.227. The first-order valence-corrected chi connectivity index (χ1v) is 6.48. The van der Waals surface area contributed by atoms with Crippen molar-refractivity contribution < 1.29 is 9.50 Å². The molecule has 100 valence electrons. The number of nitrogens with two attached hydrogens (primary N) is 1. The summed E-state index contributed by atoms with van der Waals surface area (Å²) in [5, 5.41) is 9.43. The van der Waals surface area contributed by atoms with Crippen molar-refractivity contribution in [2.45, 2.75) is 32.5 Å². The average Bonchev–Trinajstić information content (AvgIpc) is 2.70. The summed E-state index contributed by atoms with van der Waals surface area (Å²) in [7, 11) is 0. The second-order valence-electron chi connectivity index (χ2n) is 5.10. The number of hydrogen-bond acceptors (Lipinski definition) is 3. The molecule has 1 aromatic carbocycles. The normalized spacial score (nSPS) is 24.7. The summed E-state index contributed by atoms with van der Waals surface area (Å²) >= 11 is 0. The van der Waals surface area contributed by atoms with E-state index in [1.54, 1.807) is 12.1 Å². The van der Waals surface area contributed by atoms with E-state index < -0.39 is 0 Å². The van der Waals surface area contributed by atoms with Crippen LogP contribution in [0, 0.1) is 11.7 Å². The Morgan fingerprint density at radius 1 is 1.44 bits per heavy atom. The third-order valence-electron chi connectivity index (χ3n) is 3.95. The third-order valence-corrected chi connectivity index (χ3v) is 3.95. The fraction of sp³-hybridized carbons (Fsp3) is 0.571. The fourth-order valence-corrected chi connectivity index (χ4v) is 2.74. The van der Waals surface area contributed by atoms with Crippen LogP contribution in [0.5, 0.6) is 0 Å². The molecule has 1 aliphatic rings. The van der Waals surface area contributed by atoms with Crippen LogP contribution in [0.1, 0.15) is 24.5 Å². The highest BCUT2D eigenvalue weighted by Gasteiger charge is 2.30. The Morgan fingerprint density at radius 2 is 2.22 bits per heavy atom. The molecule has 2 unspecified atom stereocenters. The molecule has 18 heavy (non-hydrogen) atoms. The highest BCUT2D eigenvalue weighted by atomic mass is 19.1. The van der Waals surface area contributed by atoms with Crippen molar-refractivity contribution in [1.82, 2.24) is 4.90 Å². The van der Waals surface area contributed by atoms with Gasteiger partial charge in [0.1, 0.15) is 5.82 Å². The van der Waals surface area contributed by atoms with Gasteiger partial charge in [0.15, 0.2) is 0 Å². The largest absolute Gasteiger partial charge is 0.395 e. The lowest BCUT2D eigenvalue weighted by atomic mass is 10.0. The van der Waals surface area contributed by atoms with Gasteiger partial charge in [0.05, 0.1) is 6.61 Å². The number of benzene rings is 1. The van der Waals surface area contributed by atoms with Gasteiger partial charge in [-0.1, -0.05) is 13.0 Å². The summed E-state index contributed by atoms with van der Waals surface area (Å²) in [6, 6.07) is 4.93. The molecule has 1 fully saturated rings. The maximum absolute atomic E-state index is 13.3. The minimum absolute atomic E-state index is 0.161. The summed E-state index contributed by atoms with van der Waals surface area (Å²) in [4.78, 5) is 2.22. The number of likely N-dealkylation sites (tertiary alicyclic amines) is 1. The van der Waals surface area contributed by atoms with Gasteiger partial charge in [-0.2, -0.15) is 0 Å². The lowest BCUT2D eigenvalue weighted by Gasteiger charge is -2.26. The molecule has 0 aliphatic carbocycles. The van der Waals surface area contributed by atoms with Crippen LogP contribution in [-0.4, -0.2) is 29.2 Å². The number of aliphatic hydroxyl groups is 1. The van der Waals surface area contributed by atoms with Crippen molar-refractivity contribution in [1.29, 1.82) is 0 Å². The second-order valence-corrected chi connectivity index (χ2v) is 5.10. The topological polar surface area (TPSA) is 49.5 Å². The standard InChI is InChI=1S/C14H21FN2O/c1-10-4-5-17(14(10)9-18)8-12-6-13(15)3-2-11(12)7-16/h2-3,6,10,14,18H,4-5,7-9,16H2,1H3. The predicted molar refractivity (Wildman–Crippen MR) is 69.4 cm³/mol. The van der Waals surface area contributed by atoms with Crippen molar-refractivity contribution in [3.63, 3.8) is 0 Å². The molecule has 2 atom stereocenters. The van der Waals surface area contributed by atoms with E-state index in [1.165, 1.54) is 6.07 Å². The van der Waals surface area contributed by atoms with Gasteiger partial charge in [0.25, 0.3) is 0 Å². The summed E-state index contributed by atoms with van der Waals surface area (Å²) in [5.74, 6) is 0.264. The van der Waals surface area contributed by atoms with Crippen molar-refractivity contribution in [2.75, 3.05) is 13.2 Å². The fourth-order valence-electron chi connectivity index (χ4n) is 2.74. The highest BCUT2D eigenvalue weighted by Crippen LogP contribution is 2.26. The van der Waals surface area contributed by atoms with Gasteiger partial charge in [-0.15, -0.1) is 0 Å². The molecule has 3 nitrogen and oxygen atoms in total. The zero-order chi connectivity index (χ0) is 13.1. The highest BCUT2D eigenvalue weighted by molar-refractivity contribution is 5.28. The molecule has 3 N–H and O–H groups in total. The van der Waals surface area contributed by atoms with Gasteiger partial charge >= 0.3 is 0 Å². The van der Waals surface area contributed by atoms with Crippen molar-refractivity contribution in [3.05, 3.63) is 35.1 Å². The maximum atomic E-state index is 13.3. The minimum Gasteiger partial charge on any atom is -0.395 e. The lowest BCUT2D eigenvalue weighted by molar-refractivity contribution is 0.134. The summed E-state index contributed by atoms with van der Waals surface area (Å²) in [6.45, 7) is 4.35. The van der Waals surface area contributed by atoms with Crippen LogP contribution in [0.25, 0.3) is 0 Å². The number of hydrogen-bond donors (Lipinski definition) is 2. The summed E-state index contributed by atoms with van der Waals surface area (Å²) in [5.41, 5.74) is 7.59. The molecule has 0 spiro atoms. The summed E-state index contributed by atoms with van der Waals surface area (Å²) < 4.78 is 13.3. The molecule has 0 bridgehead atoms. The number of rotatable bonds is 4. The van der Waals surface area contributed by atoms with Gasteiger partial charge in [-0.25, -0.2) is 4.39 Å². The molecule has 1 aromatic rings. The smallest absolute Gasteiger partial charge is 0.123 e. The Bertz CT molecular complexity index is 411. The van der Waals surface area contributed by atoms with Crippen LogP contribution in [0.4, 0.5) is 4.39 Å². The molecule has 0 amide bonds. The average molecular weight is 252 g/mol. The van der Waals surface area contributed by atoms with Crippen molar-refractivity contribution in [3.8, 4) is 0 Å². The number of aliphatic hydroxyl groups excluding tert-OH is 1. The SMILES string of the molecule is CC1CCN(Cc2cc(F)ccc2CN)C1CO. The Morgan fingerprint density at radius 3 is 2.89 bits per heavy atom. The molecule has 1 heterocycles. The van der Waals surface area contributed by atoms with E-state index in [2.05, 4.69) is 11.8 Å². The van der Waals surface area contributed by atoms with E-state index in [0.29, 0.717) is 19.0 Å². The first kappa shape index (κ1) is 13.5. The third kappa shape index (κ3) is 2.71. The zero-order valence-corrected chi connectivity index (χ0v) is 10.8. The second kappa shape index (κ2) is 5.78. The maximum Gasteiger partial charge on any atom is 0.123 e. The van der Waals surface area contributed by atoms with E-state index in [-0.39, 0.29) is 18.5 Å². The molecule has 1 aliphatic heterocycles. The predicted octanol–water partition coefficient (Wildman–Crippen LogP) is 1.49. The summed E-state index contributed by atoms with van der Waals surface area (Å²) in [6.07, 6.45) is 1.08. The molecule has 2 rings (SSSR count). The van der Waals surface area contributed by atoms with Crippen molar-refractivity contribution in [2.24, 2.45) is 11.7 Å². The quantitative estimate of drug-likeness (QED) is 0.853. The van der Waals surface area contributed by atoms with E-state index >= 15 is 0 Å². The molecular weight excluding hydrogens is 231 g/mol. The molecular formula is C14H21FN2O. The van der Waals surface area contributed by atoms with Crippen LogP contribution < -0.4 is 5.73 Å². The van der Waals surface area contributed by atoms with Crippen LogP contribution >= 0.6 is 0 Å². The van der Waals surface area contributed by atoms with Crippen molar-refractivity contribution >= 4 is 0 Å². The Balaban J connectivity index is 2.16. The van der Waals surface area contributed by atoms with E-state index in [1.807, 2.05) is 0 Å². The molecule has 1 saturated heterocycles. The first-order chi connectivity index (χ1) is 8.65. The van der Waals surface area contributed by atoms with Gasteiger partial charge < -0.3 is 10.8 Å². The van der Waals surface area contributed by atoms with Gasteiger partial charge in [0, 0.05) is 19.1 Å². The van der Waals surface area contributed by atoms with E-state index in [4.69, 9.17) is 5.73 Å². The monoisotopic (exact) mass is 252 g/mol. The van der Waals surface area contributed by atoms with E-state index in [9.17, 15) is 9.50 Å². The van der Waals surface area contributed by atoms with Gasteiger partial charge in [0.2, 0.25) is 0 Å². The van der Waals surface area contributed by atoms with E-state index in [0.717, 1.165) is 24.1 Å². The van der Waals surface area contributed by atoms with Gasteiger partial charge in [-0.3, -0.25) is 4.90 Å². The van der Waals surface area contributed by atoms with Crippen LogP contribution in [0.2, 0.25) is 0 Å². The first-order valence-electron chi connectivity index (χ1n) is 6.48. The van der Waals surface area contributed by atoms with Crippen LogP contribution in [0.3, 0.4) is 0 Å². The Hall–Kier alpha value is -0.970.